The third kappa shape index (κ3) is 2.44. The third-order valence-electron chi connectivity index (χ3n) is 5.13. The molecule has 4 rings (SSSR count). The number of rotatable bonds is 2. The lowest BCUT2D eigenvalue weighted by Crippen LogP contribution is -2.44. The van der Waals surface area contributed by atoms with E-state index in [-0.39, 0.29) is 6.04 Å². The maximum Gasteiger partial charge on any atom is 0.125 e. The molecule has 2 N–H and O–H groups in total. The maximum absolute atomic E-state index is 10.8. The predicted molar refractivity (Wildman–Crippen MR) is 88.5 cm³/mol. The lowest BCUT2D eigenvalue weighted by Gasteiger charge is -2.36. The van der Waals surface area contributed by atoms with Gasteiger partial charge in [0.1, 0.15) is 18.5 Å². The van der Waals surface area contributed by atoms with Crippen LogP contribution in [-0.2, 0) is 0 Å². The molecule has 122 valence electrons. The molecule has 1 aromatic carbocycles. The molecule has 3 heterocycles. The van der Waals surface area contributed by atoms with Gasteiger partial charge in [0.25, 0.3) is 0 Å². The molecule has 5 nitrogen and oxygen atoms in total. The molecule has 0 radical (unpaired) electrons. The van der Waals surface area contributed by atoms with Crippen molar-refractivity contribution in [2.45, 2.75) is 38.8 Å². The molecule has 0 spiro atoms. The van der Waals surface area contributed by atoms with E-state index < -0.39 is 6.10 Å². The number of aliphatic hydroxyl groups excluding tert-OH is 1. The molecule has 1 fully saturated rings. The number of ether oxygens (including phenoxy) is 1. The van der Waals surface area contributed by atoms with Gasteiger partial charge in [0.05, 0.1) is 11.7 Å². The molecule has 2 atom stereocenters. The monoisotopic (exact) mass is 313 g/mol. The number of aromatic amines is 1. The second-order valence-corrected chi connectivity index (χ2v) is 6.63. The first-order chi connectivity index (χ1) is 11.1. The zero-order valence-electron chi connectivity index (χ0n) is 13.7. The highest BCUT2D eigenvalue weighted by Crippen LogP contribution is 2.38. The van der Waals surface area contributed by atoms with E-state index in [4.69, 9.17) is 4.74 Å². The number of fused-ring (bicyclic) bond motifs is 1. The lowest BCUT2D eigenvalue weighted by atomic mass is 9.94. The molecule has 5 heteroatoms. The summed E-state index contributed by atoms with van der Waals surface area (Å²) in [6, 6.07) is 6.17. The minimum absolute atomic E-state index is 0.0771. The van der Waals surface area contributed by atoms with Gasteiger partial charge in [0.2, 0.25) is 0 Å². The number of benzene rings is 1. The molecule has 0 unspecified atom stereocenters. The second kappa shape index (κ2) is 5.65. The normalized spacial score (nSPS) is 24.5. The molecular weight excluding hydrogens is 290 g/mol. The summed E-state index contributed by atoms with van der Waals surface area (Å²) in [5, 5.41) is 18.1. The highest BCUT2D eigenvalue weighted by atomic mass is 16.5. The summed E-state index contributed by atoms with van der Waals surface area (Å²) in [4.78, 5) is 2.35. The van der Waals surface area contributed by atoms with Crippen LogP contribution in [0.15, 0.2) is 18.2 Å². The number of nitrogens with zero attached hydrogens (tertiary/aromatic N) is 2. The van der Waals surface area contributed by atoms with E-state index in [1.54, 1.807) is 0 Å². The average molecular weight is 313 g/mol. The topological polar surface area (TPSA) is 61.4 Å². The highest BCUT2D eigenvalue weighted by molar-refractivity contribution is 5.70. The van der Waals surface area contributed by atoms with Crippen molar-refractivity contribution in [3.05, 3.63) is 35.2 Å². The van der Waals surface area contributed by atoms with Crippen molar-refractivity contribution >= 4 is 0 Å². The summed E-state index contributed by atoms with van der Waals surface area (Å²) in [5.41, 5.74) is 5.13. The fourth-order valence-corrected chi connectivity index (χ4v) is 3.89. The summed E-state index contributed by atoms with van der Waals surface area (Å²) in [6.45, 7) is 6.70. The van der Waals surface area contributed by atoms with Crippen LogP contribution in [0.5, 0.6) is 5.75 Å². The predicted octanol–water partition coefficient (Wildman–Crippen LogP) is 2.58. The van der Waals surface area contributed by atoms with Crippen molar-refractivity contribution < 1.29 is 9.84 Å². The van der Waals surface area contributed by atoms with Crippen LogP contribution in [0.25, 0.3) is 11.1 Å². The number of aromatic nitrogens is 2. The van der Waals surface area contributed by atoms with Crippen LogP contribution in [0, 0.1) is 13.8 Å². The molecule has 0 amide bonds. The van der Waals surface area contributed by atoms with Crippen LogP contribution in [-0.4, -0.2) is 45.9 Å². The van der Waals surface area contributed by atoms with Gasteiger partial charge in [0.15, 0.2) is 0 Å². The quantitative estimate of drug-likeness (QED) is 0.894. The summed E-state index contributed by atoms with van der Waals surface area (Å²) in [5.74, 6) is 0.797. The van der Waals surface area contributed by atoms with Gasteiger partial charge in [-0.3, -0.25) is 10.00 Å². The van der Waals surface area contributed by atoms with E-state index >= 15 is 0 Å². The fraction of sp³-hybridized carbons (Fsp3) is 0.500. The Labute approximate surface area is 136 Å². The zero-order valence-corrected chi connectivity index (χ0v) is 13.7. The van der Waals surface area contributed by atoms with Gasteiger partial charge >= 0.3 is 0 Å². The van der Waals surface area contributed by atoms with Gasteiger partial charge < -0.3 is 9.84 Å². The molecular formula is C18H23N3O2. The van der Waals surface area contributed by atoms with Crippen LogP contribution in [0.3, 0.4) is 0 Å². The molecule has 0 aliphatic carbocycles. The number of aliphatic hydroxyl groups is 1. The van der Waals surface area contributed by atoms with Crippen LogP contribution in [0.2, 0.25) is 0 Å². The van der Waals surface area contributed by atoms with Gasteiger partial charge in [-0.2, -0.15) is 5.10 Å². The lowest BCUT2D eigenvalue weighted by molar-refractivity contribution is 0.0140. The molecule has 2 aliphatic heterocycles. The van der Waals surface area contributed by atoms with Crippen molar-refractivity contribution in [2.75, 3.05) is 19.7 Å². The fourth-order valence-electron chi connectivity index (χ4n) is 3.89. The van der Waals surface area contributed by atoms with Crippen LogP contribution in [0.4, 0.5) is 0 Å². The zero-order chi connectivity index (χ0) is 16.0. The van der Waals surface area contributed by atoms with Gasteiger partial charge in [-0.25, -0.2) is 0 Å². The van der Waals surface area contributed by atoms with Gasteiger partial charge in [-0.05, 0) is 51.4 Å². The Morgan fingerprint density at radius 3 is 2.74 bits per heavy atom. The molecule has 23 heavy (non-hydrogen) atoms. The Morgan fingerprint density at radius 1 is 1.26 bits per heavy atom. The number of H-pyrrole nitrogens is 1. The number of aryl methyl sites for hydroxylation is 2. The first-order valence-corrected chi connectivity index (χ1v) is 8.36. The third-order valence-corrected chi connectivity index (χ3v) is 5.13. The largest absolute Gasteiger partial charge is 0.491 e. The summed E-state index contributed by atoms with van der Waals surface area (Å²) in [6.07, 6.45) is 1.96. The molecule has 1 aromatic heterocycles. The Hall–Kier alpha value is -1.85. The van der Waals surface area contributed by atoms with Crippen LogP contribution < -0.4 is 4.74 Å². The Kier molecular flexibility index (Phi) is 3.62. The van der Waals surface area contributed by atoms with E-state index in [0.717, 1.165) is 46.9 Å². The van der Waals surface area contributed by atoms with Gasteiger partial charge in [0, 0.05) is 16.8 Å². The second-order valence-electron chi connectivity index (χ2n) is 6.63. The van der Waals surface area contributed by atoms with Crippen LogP contribution >= 0.6 is 0 Å². The Bertz CT molecular complexity index is 700. The summed E-state index contributed by atoms with van der Waals surface area (Å²) < 4.78 is 6.01. The maximum atomic E-state index is 10.8. The van der Waals surface area contributed by atoms with Crippen molar-refractivity contribution in [2.24, 2.45) is 0 Å². The van der Waals surface area contributed by atoms with E-state index in [0.29, 0.717) is 6.61 Å². The van der Waals surface area contributed by atoms with E-state index in [1.807, 2.05) is 26.0 Å². The Morgan fingerprint density at radius 2 is 2.04 bits per heavy atom. The van der Waals surface area contributed by atoms with Crippen molar-refractivity contribution in [1.82, 2.24) is 15.1 Å². The molecule has 2 aromatic rings. The van der Waals surface area contributed by atoms with E-state index in [2.05, 4.69) is 21.2 Å². The first kappa shape index (κ1) is 14.7. The smallest absolute Gasteiger partial charge is 0.125 e. The minimum atomic E-state index is -0.475. The molecule has 0 bridgehead atoms. The van der Waals surface area contributed by atoms with E-state index in [1.165, 1.54) is 12.8 Å². The number of nitrogens with one attached hydrogen (secondary N) is 1. The molecule has 2 aliphatic rings. The van der Waals surface area contributed by atoms with Crippen LogP contribution in [0.1, 0.15) is 35.9 Å². The van der Waals surface area contributed by atoms with Crippen molar-refractivity contribution in [3.8, 4) is 16.9 Å². The van der Waals surface area contributed by atoms with Crippen molar-refractivity contribution in [1.29, 1.82) is 0 Å². The SMILES string of the molecule is Cc1n[nH]c(C)c1-c1ccc2c(c1)OC[C@@H](N1CCCC1)[C@@H]2O. The number of hydrogen-bond acceptors (Lipinski definition) is 4. The minimum Gasteiger partial charge on any atom is -0.491 e. The van der Waals surface area contributed by atoms with Crippen molar-refractivity contribution in [3.63, 3.8) is 0 Å². The number of hydrogen-bond donors (Lipinski definition) is 2. The number of likely N-dealkylation sites (tertiary alicyclic amines) is 1. The molecule has 0 saturated carbocycles. The standard InChI is InChI=1S/C18H23N3O2/c1-11-17(12(2)20-19-11)13-5-6-14-16(9-13)23-10-15(18(14)22)21-7-3-4-8-21/h5-6,9,15,18,22H,3-4,7-8,10H2,1-2H3,(H,19,20)/t15-,18-/m1/s1. The Balaban J connectivity index is 1.66. The molecule has 1 saturated heterocycles. The van der Waals surface area contributed by atoms with Gasteiger partial charge in [-0.1, -0.05) is 12.1 Å². The highest BCUT2D eigenvalue weighted by Gasteiger charge is 2.35. The average Bonchev–Trinajstić information content (AvgIpc) is 3.18. The van der Waals surface area contributed by atoms with E-state index in [9.17, 15) is 5.11 Å². The first-order valence-electron chi connectivity index (χ1n) is 8.36. The summed E-state index contributed by atoms with van der Waals surface area (Å²) in [7, 11) is 0. The summed E-state index contributed by atoms with van der Waals surface area (Å²) >= 11 is 0. The van der Waals surface area contributed by atoms with Gasteiger partial charge in [-0.15, -0.1) is 0 Å².